The van der Waals surface area contributed by atoms with Crippen molar-refractivity contribution in [3.63, 3.8) is 0 Å². The second-order valence-corrected chi connectivity index (χ2v) is 8.75. The van der Waals surface area contributed by atoms with Crippen LogP contribution in [0.3, 0.4) is 0 Å². The Balaban J connectivity index is 1.73. The maximum Gasteiger partial charge on any atom is 0.326 e. The monoisotopic (exact) mass is 406 g/mol. The predicted molar refractivity (Wildman–Crippen MR) is 106 cm³/mol. The first-order valence-electron chi connectivity index (χ1n) is 9.16. The molecule has 0 aromatic heterocycles. The van der Waals surface area contributed by atoms with Crippen molar-refractivity contribution in [1.29, 1.82) is 0 Å². The standard InChI is InChI=1S/C20H23FN2O4S/c1-20(2,3)27-17(24)12-23-18(25)16(28-19(23)26)10-13-6-7-14(11-15(13)21)22-8-4-5-9-22/h6-7,10-11H,4-5,8-9,12H2,1-3H3/b16-10+. The van der Waals surface area contributed by atoms with Crippen LogP contribution in [0.1, 0.15) is 39.2 Å². The number of halogens is 1. The van der Waals surface area contributed by atoms with Crippen molar-refractivity contribution < 1.29 is 23.5 Å². The summed E-state index contributed by atoms with van der Waals surface area (Å²) in [5, 5.41) is -0.573. The largest absolute Gasteiger partial charge is 0.459 e. The lowest BCUT2D eigenvalue weighted by molar-refractivity contribution is -0.156. The van der Waals surface area contributed by atoms with E-state index in [1.807, 2.05) is 6.07 Å². The van der Waals surface area contributed by atoms with Gasteiger partial charge in [-0.15, -0.1) is 0 Å². The van der Waals surface area contributed by atoms with Crippen LogP contribution in [-0.2, 0) is 14.3 Å². The van der Waals surface area contributed by atoms with Crippen molar-refractivity contribution in [2.45, 2.75) is 39.2 Å². The van der Waals surface area contributed by atoms with Gasteiger partial charge in [-0.05, 0) is 69.6 Å². The summed E-state index contributed by atoms with van der Waals surface area (Å²) in [6, 6.07) is 4.86. The summed E-state index contributed by atoms with van der Waals surface area (Å²) in [7, 11) is 0. The highest BCUT2D eigenvalue weighted by atomic mass is 32.2. The molecule has 1 aromatic rings. The number of imide groups is 1. The van der Waals surface area contributed by atoms with Gasteiger partial charge >= 0.3 is 5.97 Å². The van der Waals surface area contributed by atoms with E-state index in [4.69, 9.17) is 4.74 Å². The van der Waals surface area contributed by atoms with Gasteiger partial charge in [-0.2, -0.15) is 0 Å². The predicted octanol–water partition coefficient (Wildman–Crippen LogP) is 3.80. The van der Waals surface area contributed by atoms with Crippen LogP contribution in [0.15, 0.2) is 23.1 Å². The summed E-state index contributed by atoms with van der Waals surface area (Å²) in [6.07, 6.45) is 3.53. The first kappa shape index (κ1) is 20.4. The van der Waals surface area contributed by atoms with Gasteiger partial charge in [0.05, 0.1) is 4.91 Å². The Bertz CT molecular complexity index is 841. The minimum atomic E-state index is -0.713. The number of nitrogens with zero attached hydrogens (tertiary/aromatic N) is 2. The number of benzene rings is 1. The van der Waals surface area contributed by atoms with E-state index in [0.717, 1.165) is 36.5 Å². The fourth-order valence-electron chi connectivity index (χ4n) is 3.09. The first-order valence-corrected chi connectivity index (χ1v) is 9.97. The van der Waals surface area contributed by atoms with Crippen LogP contribution in [0, 0.1) is 5.82 Å². The molecule has 1 aromatic carbocycles. The Labute approximate surface area is 167 Å². The zero-order chi connectivity index (χ0) is 20.5. The molecule has 0 atom stereocenters. The molecule has 28 heavy (non-hydrogen) atoms. The zero-order valence-corrected chi connectivity index (χ0v) is 17.0. The lowest BCUT2D eigenvalue weighted by Crippen LogP contribution is -2.37. The molecule has 0 N–H and O–H groups in total. The van der Waals surface area contributed by atoms with E-state index in [0.29, 0.717) is 11.8 Å². The van der Waals surface area contributed by atoms with Gasteiger partial charge in [0.25, 0.3) is 11.1 Å². The number of anilines is 1. The van der Waals surface area contributed by atoms with Gasteiger partial charge in [-0.1, -0.05) is 0 Å². The molecule has 2 heterocycles. The fraction of sp³-hybridized carbons (Fsp3) is 0.450. The van der Waals surface area contributed by atoms with Gasteiger partial charge in [0, 0.05) is 24.3 Å². The Hall–Kier alpha value is -2.35. The molecule has 0 unspecified atom stereocenters. The van der Waals surface area contributed by atoms with Crippen LogP contribution in [0.2, 0.25) is 0 Å². The molecule has 0 aliphatic carbocycles. The number of hydrogen-bond donors (Lipinski definition) is 0. The second-order valence-electron chi connectivity index (χ2n) is 7.75. The molecule has 2 saturated heterocycles. The molecule has 6 nitrogen and oxygen atoms in total. The highest BCUT2D eigenvalue weighted by Gasteiger charge is 2.37. The van der Waals surface area contributed by atoms with Crippen molar-refractivity contribution in [3.05, 3.63) is 34.5 Å². The average Bonchev–Trinajstić information content (AvgIpc) is 3.20. The second kappa shape index (κ2) is 7.95. The van der Waals surface area contributed by atoms with Gasteiger partial charge in [-0.25, -0.2) is 4.39 Å². The fourth-order valence-corrected chi connectivity index (χ4v) is 3.91. The van der Waals surface area contributed by atoms with E-state index in [9.17, 15) is 18.8 Å². The maximum atomic E-state index is 14.5. The van der Waals surface area contributed by atoms with Crippen LogP contribution in [0.25, 0.3) is 6.08 Å². The van der Waals surface area contributed by atoms with Crippen molar-refractivity contribution in [2.24, 2.45) is 0 Å². The summed E-state index contributed by atoms with van der Waals surface area (Å²) >= 11 is 0.688. The Morgan fingerprint density at radius 1 is 1.25 bits per heavy atom. The van der Waals surface area contributed by atoms with Gasteiger partial charge in [0.15, 0.2) is 0 Å². The van der Waals surface area contributed by atoms with E-state index < -0.39 is 35.1 Å². The van der Waals surface area contributed by atoms with Gasteiger partial charge in [0.1, 0.15) is 18.0 Å². The van der Waals surface area contributed by atoms with Gasteiger partial charge in [-0.3, -0.25) is 19.3 Å². The highest BCUT2D eigenvalue weighted by molar-refractivity contribution is 8.18. The third-order valence-electron chi connectivity index (χ3n) is 4.32. The van der Waals surface area contributed by atoms with Crippen molar-refractivity contribution in [3.8, 4) is 0 Å². The number of ether oxygens (including phenoxy) is 1. The lowest BCUT2D eigenvalue weighted by Gasteiger charge is -2.21. The smallest absolute Gasteiger partial charge is 0.326 e. The SMILES string of the molecule is CC(C)(C)OC(=O)CN1C(=O)S/C(=C/c2ccc(N3CCCC3)cc2F)C1=O. The normalized spacial score (nSPS) is 19.1. The van der Waals surface area contributed by atoms with Crippen LogP contribution in [-0.4, -0.2) is 47.3 Å². The Morgan fingerprint density at radius 2 is 1.93 bits per heavy atom. The van der Waals surface area contributed by atoms with Crippen LogP contribution in [0.4, 0.5) is 14.9 Å². The third-order valence-corrected chi connectivity index (χ3v) is 5.23. The van der Waals surface area contributed by atoms with Crippen LogP contribution >= 0.6 is 11.8 Å². The third kappa shape index (κ3) is 4.73. The van der Waals surface area contributed by atoms with Crippen molar-refractivity contribution in [1.82, 2.24) is 4.90 Å². The quantitative estimate of drug-likeness (QED) is 0.560. The van der Waals surface area contributed by atoms with Gasteiger partial charge < -0.3 is 9.64 Å². The number of carbonyl (C=O) groups excluding carboxylic acids is 3. The lowest BCUT2D eigenvalue weighted by atomic mass is 10.1. The summed E-state index contributed by atoms with van der Waals surface area (Å²) in [6.45, 7) is 6.45. The molecule has 2 amide bonds. The number of rotatable bonds is 4. The van der Waals surface area contributed by atoms with E-state index in [2.05, 4.69) is 4.90 Å². The topological polar surface area (TPSA) is 66.9 Å². The molecule has 2 aliphatic heterocycles. The van der Waals surface area contributed by atoms with E-state index in [1.54, 1.807) is 26.8 Å². The summed E-state index contributed by atoms with van der Waals surface area (Å²) < 4.78 is 19.7. The number of amides is 2. The highest BCUT2D eigenvalue weighted by Crippen LogP contribution is 2.33. The minimum absolute atomic E-state index is 0.0846. The zero-order valence-electron chi connectivity index (χ0n) is 16.2. The van der Waals surface area contributed by atoms with Crippen LogP contribution < -0.4 is 4.90 Å². The molecule has 0 bridgehead atoms. The molecule has 0 spiro atoms. The van der Waals surface area contributed by atoms with E-state index in [1.165, 1.54) is 12.1 Å². The number of thioether (sulfide) groups is 1. The van der Waals surface area contributed by atoms with Crippen LogP contribution in [0.5, 0.6) is 0 Å². The summed E-state index contributed by atoms with van der Waals surface area (Å²) in [5.74, 6) is -1.75. The van der Waals surface area contributed by atoms with Crippen molar-refractivity contribution in [2.75, 3.05) is 24.5 Å². The summed E-state index contributed by atoms with van der Waals surface area (Å²) in [4.78, 5) is 39.5. The molecule has 0 saturated carbocycles. The van der Waals surface area contributed by atoms with Gasteiger partial charge in [0.2, 0.25) is 0 Å². The Kier molecular flexibility index (Phi) is 5.79. The molecule has 2 aliphatic rings. The molecule has 0 radical (unpaired) electrons. The summed E-state index contributed by atoms with van der Waals surface area (Å²) in [5.41, 5.74) is 0.325. The van der Waals surface area contributed by atoms with Crippen molar-refractivity contribution >= 4 is 40.6 Å². The molecule has 2 fully saturated rings. The first-order chi connectivity index (χ1) is 13.1. The Morgan fingerprint density at radius 3 is 2.54 bits per heavy atom. The molecular weight excluding hydrogens is 383 g/mol. The van der Waals surface area contributed by atoms with E-state index in [-0.39, 0.29) is 10.5 Å². The number of hydrogen-bond acceptors (Lipinski definition) is 6. The van der Waals surface area contributed by atoms with E-state index >= 15 is 0 Å². The molecule has 3 rings (SSSR count). The average molecular weight is 406 g/mol. The number of carbonyl (C=O) groups is 3. The molecule has 8 heteroatoms. The molecular formula is C20H23FN2O4S. The maximum absolute atomic E-state index is 14.5. The molecule has 150 valence electrons. The minimum Gasteiger partial charge on any atom is -0.459 e. The number of esters is 1.